The van der Waals surface area contributed by atoms with Crippen LogP contribution in [0.5, 0.6) is 0 Å². The van der Waals surface area contributed by atoms with Gasteiger partial charge in [0.2, 0.25) is 0 Å². The second-order valence-corrected chi connectivity index (χ2v) is 7.67. The van der Waals surface area contributed by atoms with E-state index in [0.717, 1.165) is 6.92 Å². The molecule has 0 aliphatic heterocycles. The first kappa shape index (κ1) is 31.9. The van der Waals surface area contributed by atoms with Crippen LogP contribution in [0, 0.1) is 0 Å². The number of esters is 2. The Labute approximate surface area is 184 Å². The van der Waals surface area contributed by atoms with E-state index in [4.69, 9.17) is 4.55 Å². The van der Waals surface area contributed by atoms with Gasteiger partial charge in [-0.1, -0.05) is 6.58 Å². The van der Waals surface area contributed by atoms with Gasteiger partial charge in [0.25, 0.3) is 0 Å². The molecule has 0 aliphatic rings. The molecule has 0 radical (unpaired) electrons. The summed E-state index contributed by atoms with van der Waals surface area (Å²) in [7, 11) is -6.58. The average molecular weight is 546 g/mol. The van der Waals surface area contributed by atoms with Crippen molar-refractivity contribution in [3.63, 3.8) is 0 Å². The van der Waals surface area contributed by atoms with Crippen LogP contribution in [0.3, 0.4) is 0 Å². The second kappa shape index (κ2) is 10.6. The summed E-state index contributed by atoms with van der Waals surface area (Å²) in [4.78, 5) is 23.3. The molecule has 0 heterocycles. The molecule has 0 aromatic rings. The van der Waals surface area contributed by atoms with Crippen molar-refractivity contribution < 1.29 is 80.7 Å². The molecule has 1 atom stereocenters. The maximum atomic E-state index is 13.5. The molecule has 0 saturated heterocycles. The molecule has 200 valence electrons. The number of rotatable bonds is 12. The monoisotopic (exact) mass is 546 g/mol. The minimum absolute atomic E-state index is 0.825. The summed E-state index contributed by atoms with van der Waals surface area (Å²) >= 11 is 0. The first-order valence-corrected chi connectivity index (χ1v) is 10.0. The fourth-order valence-electron chi connectivity index (χ4n) is 1.92. The van der Waals surface area contributed by atoms with E-state index in [-0.39, 0.29) is 0 Å². The molecule has 8 nitrogen and oxygen atoms in total. The van der Waals surface area contributed by atoms with Crippen LogP contribution in [0.2, 0.25) is 0 Å². The van der Waals surface area contributed by atoms with Gasteiger partial charge in [-0.05, 0) is 19.8 Å². The molecule has 0 aromatic heterocycles. The Kier molecular flexibility index (Phi) is 9.96. The smallest absolute Gasteiger partial charge is 0.461 e. The van der Waals surface area contributed by atoms with Crippen molar-refractivity contribution >= 4 is 22.1 Å². The fourth-order valence-corrected chi connectivity index (χ4v) is 2.40. The van der Waals surface area contributed by atoms with Crippen LogP contribution in [0.25, 0.3) is 0 Å². The molecule has 1 N–H and O–H groups in total. The first-order valence-electron chi connectivity index (χ1n) is 8.58. The van der Waals surface area contributed by atoms with Crippen molar-refractivity contribution in [2.24, 2.45) is 0 Å². The van der Waals surface area contributed by atoms with E-state index >= 15 is 0 Å². The van der Waals surface area contributed by atoms with Crippen LogP contribution in [0.15, 0.2) is 12.2 Å². The number of carbonyl (C=O) groups is 2. The standard InChI is InChI=1S/C15H16F10O8S/c1-3-31-10(27)12(14(21,22)23,33-9(26)8(2)13(18,19)20)32-7-5-4-6-11(16,17)15(24,25)34(28,29)30/h2-7H2,1H3,(H,28,29,30). The van der Waals surface area contributed by atoms with Gasteiger partial charge in [-0.2, -0.15) is 52.3 Å². The van der Waals surface area contributed by atoms with Crippen molar-refractivity contribution in [2.45, 2.75) is 55.5 Å². The summed E-state index contributed by atoms with van der Waals surface area (Å²) in [5.41, 5.74) is -2.49. The summed E-state index contributed by atoms with van der Waals surface area (Å²) in [6.07, 6.45) is -16.0. The Morgan fingerprint density at radius 3 is 1.82 bits per heavy atom. The summed E-state index contributed by atoms with van der Waals surface area (Å²) in [6.45, 7) is 0.789. The predicted molar refractivity (Wildman–Crippen MR) is 88.0 cm³/mol. The zero-order chi connectivity index (χ0) is 27.4. The first-order chi connectivity index (χ1) is 15.0. The lowest BCUT2D eigenvalue weighted by Crippen LogP contribution is -2.58. The molecule has 0 saturated carbocycles. The largest absolute Gasteiger partial charge is 0.468 e. The third-order valence-electron chi connectivity index (χ3n) is 3.68. The lowest BCUT2D eigenvalue weighted by molar-refractivity contribution is -0.355. The summed E-state index contributed by atoms with van der Waals surface area (Å²) in [5.74, 6) is -15.6. The molecule has 1 unspecified atom stereocenters. The molecule has 0 aliphatic carbocycles. The van der Waals surface area contributed by atoms with Gasteiger partial charge in [0.05, 0.1) is 13.2 Å². The number of unbranched alkanes of at least 4 members (excludes halogenated alkanes) is 1. The Morgan fingerprint density at radius 1 is 0.941 bits per heavy atom. The van der Waals surface area contributed by atoms with Gasteiger partial charge >= 0.3 is 51.4 Å². The van der Waals surface area contributed by atoms with Gasteiger partial charge in [-0.15, -0.1) is 0 Å². The molecular weight excluding hydrogens is 530 g/mol. The lowest BCUT2D eigenvalue weighted by atomic mass is 10.1. The van der Waals surface area contributed by atoms with E-state index in [9.17, 15) is 61.9 Å². The van der Waals surface area contributed by atoms with Crippen LogP contribution in [0.1, 0.15) is 26.2 Å². The van der Waals surface area contributed by atoms with Crippen LogP contribution in [-0.4, -0.2) is 67.4 Å². The average Bonchev–Trinajstić information content (AvgIpc) is 2.63. The Balaban J connectivity index is 5.68. The molecule has 0 rings (SSSR count). The summed E-state index contributed by atoms with van der Waals surface area (Å²) in [5, 5.41) is -5.96. The number of hydrogen-bond donors (Lipinski definition) is 1. The Hall–Kier alpha value is -2.15. The summed E-state index contributed by atoms with van der Waals surface area (Å²) < 4.78 is 172. The van der Waals surface area contributed by atoms with Crippen LogP contribution >= 0.6 is 0 Å². The van der Waals surface area contributed by atoms with Gasteiger partial charge in [-0.3, -0.25) is 4.55 Å². The van der Waals surface area contributed by atoms with E-state index in [1.165, 1.54) is 0 Å². The van der Waals surface area contributed by atoms with Crippen molar-refractivity contribution in [2.75, 3.05) is 13.2 Å². The molecule has 0 spiro atoms. The topological polar surface area (TPSA) is 116 Å². The zero-order valence-electron chi connectivity index (χ0n) is 16.7. The van der Waals surface area contributed by atoms with Gasteiger partial charge in [0.1, 0.15) is 5.57 Å². The maximum absolute atomic E-state index is 13.5. The van der Waals surface area contributed by atoms with Gasteiger partial charge in [0, 0.05) is 6.42 Å². The van der Waals surface area contributed by atoms with Crippen molar-refractivity contribution in [3.8, 4) is 0 Å². The highest BCUT2D eigenvalue weighted by Crippen LogP contribution is 2.42. The minimum atomic E-state index is -6.58. The molecular formula is C15H16F10O8S. The van der Waals surface area contributed by atoms with Gasteiger partial charge in [-0.25, -0.2) is 9.59 Å². The molecule has 0 fully saturated rings. The third kappa shape index (κ3) is 7.17. The quantitative estimate of drug-likeness (QED) is 0.0983. The lowest BCUT2D eigenvalue weighted by Gasteiger charge is -2.32. The van der Waals surface area contributed by atoms with Crippen molar-refractivity contribution in [1.29, 1.82) is 0 Å². The number of hydrogen-bond acceptors (Lipinski definition) is 7. The van der Waals surface area contributed by atoms with E-state index in [1.807, 2.05) is 0 Å². The van der Waals surface area contributed by atoms with E-state index in [2.05, 4.69) is 20.8 Å². The highest BCUT2D eigenvalue weighted by molar-refractivity contribution is 7.87. The molecule has 0 bridgehead atoms. The van der Waals surface area contributed by atoms with Crippen molar-refractivity contribution in [1.82, 2.24) is 0 Å². The molecule has 19 heteroatoms. The fraction of sp³-hybridized carbons (Fsp3) is 0.733. The number of ether oxygens (including phenoxy) is 3. The van der Waals surface area contributed by atoms with Crippen LogP contribution in [-0.2, 0) is 33.9 Å². The number of alkyl halides is 10. The number of halogens is 10. The Bertz CT molecular complexity index is 865. The molecule has 0 aromatic carbocycles. The predicted octanol–water partition coefficient (Wildman–Crippen LogP) is 3.77. The molecule has 0 amide bonds. The van der Waals surface area contributed by atoms with Crippen LogP contribution < -0.4 is 0 Å². The highest BCUT2D eigenvalue weighted by atomic mass is 32.2. The van der Waals surface area contributed by atoms with E-state index < -0.39 is 89.4 Å². The van der Waals surface area contributed by atoms with Crippen molar-refractivity contribution in [3.05, 3.63) is 12.2 Å². The normalized spacial score (nSPS) is 15.4. The maximum Gasteiger partial charge on any atom is 0.468 e. The summed E-state index contributed by atoms with van der Waals surface area (Å²) in [6, 6.07) is 0. The SMILES string of the molecule is C=C(C(=O)OC(OCCCCC(F)(F)C(F)(F)S(=O)(=O)O)(C(=O)OCC)C(F)(F)F)C(F)(F)F. The highest BCUT2D eigenvalue weighted by Gasteiger charge is 2.68. The zero-order valence-corrected chi connectivity index (χ0v) is 17.6. The minimum Gasteiger partial charge on any atom is -0.461 e. The second-order valence-electron chi connectivity index (χ2n) is 6.20. The van der Waals surface area contributed by atoms with Crippen LogP contribution in [0.4, 0.5) is 43.9 Å². The third-order valence-corrected chi connectivity index (χ3v) is 4.63. The van der Waals surface area contributed by atoms with E-state index in [0.29, 0.717) is 0 Å². The Morgan fingerprint density at radius 2 is 1.44 bits per heavy atom. The van der Waals surface area contributed by atoms with Gasteiger partial charge < -0.3 is 14.2 Å². The number of carbonyl (C=O) groups excluding carboxylic acids is 2. The van der Waals surface area contributed by atoms with Gasteiger partial charge in [0.15, 0.2) is 0 Å². The molecule has 34 heavy (non-hydrogen) atoms. The van der Waals surface area contributed by atoms with E-state index in [1.54, 1.807) is 0 Å².